The summed E-state index contributed by atoms with van der Waals surface area (Å²) in [4.78, 5) is 40.4. The van der Waals surface area contributed by atoms with Gasteiger partial charge in [-0.15, -0.1) is 0 Å². The van der Waals surface area contributed by atoms with Crippen molar-refractivity contribution in [3.05, 3.63) is 0 Å². The third-order valence-electron chi connectivity index (χ3n) is 4.36. The fourth-order valence-corrected chi connectivity index (χ4v) is 2.59. The molecule has 0 spiro atoms. The van der Waals surface area contributed by atoms with Crippen LogP contribution in [0, 0.1) is 5.92 Å². The summed E-state index contributed by atoms with van der Waals surface area (Å²) in [7, 11) is 1.75. The Bertz CT molecular complexity index is 452. The summed E-state index contributed by atoms with van der Waals surface area (Å²) < 4.78 is 0. The number of likely N-dealkylation sites (N-methyl/N-ethyl adjacent to an activating group) is 1. The molecule has 3 atom stereocenters. The van der Waals surface area contributed by atoms with E-state index in [1.807, 2.05) is 0 Å². The van der Waals surface area contributed by atoms with E-state index in [2.05, 4.69) is 24.2 Å². The van der Waals surface area contributed by atoms with Crippen LogP contribution >= 0.6 is 0 Å². The zero-order valence-electron chi connectivity index (χ0n) is 16.3. The largest absolute Gasteiger partial charge is 0.370 e. The fraction of sp³-hybridized carbons (Fsp3) is 0.778. The molecule has 8 heteroatoms. The number of nitrogens with zero attached hydrogens (tertiary/aromatic N) is 2. The molecule has 0 saturated carbocycles. The highest BCUT2D eigenvalue weighted by molar-refractivity contribution is 5.96. The van der Waals surface area contributed by atoms with Gasteiger partial charge in [0.2, 0.25) is 5.91 Å². The lowest BCUT2D eigenvalue weighted by Gasteiger charge is -2.25. The third-order valence-corrected chi connectivity index (χ3v) is 4.36. The Labute approximate surface area is 156 Å². The number of nitrogens with two attached hydrogens (primary N) is 2. The van der Waals surface area contributed by atoms with E-state index in [0.29, 0.717) is 44.4 Å². The summed E-state index contributed by atoms with van der Waals surface area (Å²) in [5.41, 5.74) is 10.5. The molecule has 8 nitrogen and oxygen atoms in total. The van der Waals surface area contributed by atoms with Gasteiger partial charge in [0.25, 0.3) is 0 Å². The molecule has 150 valence electrons. The van der Waals surface area contributed by atoms with Gasteiger partial charge in [-0.25, -0.2) is 0 Å². The van der Waals surface area contributed by atoms with Crippen LogP contribution in [0.4, 0.5) is 0 Å². The number of hydrogen-bond acceptors (Lipinski definition) is 5. The van der Waals surface area contributed by atoms with Gasteiger partial charge in [0.15, 0.2) is 5.96 Å². The molecule has 0 fully saturated rings. The summed E-state index contributed by atoms with van der Waals surface area (Å²) in [6, 6.07) is -1.55. The lowest BCUT2D eigenvalue weighted by molar-refractivity contribution is -0.132. The van der Waals surface area contributed by atoms with Gasteiger partial charge in [0.1, 0.15) is 18.6 Å². The van der Waals surface area contributed by atoms with Gasteiger partial charge in [-0.3, -0.25) is 14.7 Å². The minimum absolute atomic E-state index is 0.00695. The highest BCUT2D eigenvalue weighted by atomic mass is 16.2. The zero-order chi connectivity index (χ0) is 19.9. The van der Waals surface area contributed by atoms with Crippen molar-refractivity contribution < 1.29 is 14.4 Å². The summed E-state index contributed by atoms with van der Waals surface area (Å²) in [5, 5.41) is 2.62. The molecule has 26 heavy (non-hydrogen) atoms. The number of guanidine groups is 1. The first-order valence-corrected chi connectivity index (χ1v) is 9.32. The van der Waals surface area contributed by atoms with Crippen LogP contribution in [-0.2, 0) is 14.4 Å². The van der Waals surface area contributed by atoms with Crippen molar-refractivity contribution in [1.82, 2.24) is 10.2 Å². The molecule has 0 heterocycles. The van der Waals surface area contributed by atoms with Crippen molar-refractivity contribution in [3.8, 4) is 0 Å². The number of unbranched alkanes of at least 4 members (excludes halogenated alkanes) is 1. The number of aliphatic imine (C=N–C) groups is 1. The van der Waals surface area contributed by atoms with E-state index in [9.17, 15) is 14.4 Å². The van der Waals surface area contributed by atoms with E-state index in [1.165, 1.54) is 6.42 Å². The maximum absolute atomic E-state index is 12.3. The maximum Gasteiger partial charge on any atom is 0.245 e. The number of carbonyl (C=O) groups is 3. The normalized spacial score (nSPS) is 14.3. The zero-order valence-corrected chi connectivity index (χ0v) is 16.3. The Kier molecular flexibility index (Phi) is 13.2. The minimum Gasteiger partial charge on any atom is -0.370 e. The van der Waals surface area contributed by atoms with Crippen LogP contribution in [0.1, 0.15) is 52.4 Å². The van der Waals surface area contributed by atoms with Gasteiger partial charge in [-0.2, -0.15) is 0 Å². The number of aldehydes is 2. The fourth-order valence-electron chi connectivity index (χ4n) is 2.59. The number of nitrogens with one attached hydrogen (secondary N) is 1. The summed E-state index contributed by atoms with van der Waals surface area (Å²) in [6.45, 7) is 5.37. The summed E-state index contributed by atoms with van der Waals surface area (Å²) in [5.74, 6) is 0.0844. The van der Waals surface area contributed by atoms with Gasteiger partial charge in [0, 0.05) is 6.54 Å². The lowest BCUT2D eigenvalue weighted by atomic mass is 10.0. The number of amides is 1. The second kappa shape index (κ2) is 14.2. The van der Waals surface area contributed by atoms with Gasteiger partial charge in [-0.1, -0.05) is 33.1 Å². The lowest BCUT2D eigenvalue weighted by Crippen LogP contribution is -2.50. The van der Waals surface area contributed by atoms with E-state index in [-0.39, 0.29) is 5.96 Å². The van der Waals surface area contributed by atoms with Crippen LogP contribution in [0.2, 0.25) is 0 Å². The SMILES string of the molecule is CCCCC(C)CCN(C)C(C=O)C(=O)NC(C=O)CCCN=C(N)N. The topological polar surface area (TPSA) is 131 Å². The van der Waals surface area contributed by atoms with Gasteiger partial charge >= 0.3 is 0 Å². The average molecular weight is 370 g/mol. The molecule has 0 aliphatic rings. The van der Waals surface area contributed by atoms with Crippen LogP contribution in [0.5, 0.6) is 0 Å². The molecule has 0 aliphatic carbocycles. The molecule has 0 aromatic carbocycles. The van der Waals surface area contributed by atoms with E-state index < -0.39 is 18.0 Å². The summed E-state index contributed by atoms with van der Waals surface area (Å²) in [6.07, 6.45) is 6.66. The van der Waals surface area contributed by atoms with Gasteiger partial charge < -0.3 is 26.4 Å². The Hall–Kier alpha value is -1.96. The van der Waals surface area contributed by atoms with Crippen LogP contribution < -0.4 is 16.8 Å². The third kappa shape index (κ3) is 10.8. The standard InChI is InChI=1S/C18H35N5O3/c1-4-5-7-14(2)9-11-23(3)16(13-25)17(26)22-15(12-24)8-6-10-21-18(19)20/h12-16H,4-11H2,1-3H3,(H,22,26)(H4,19,20,21). The molecule has 5 N–H and O–H groups in total. The van der Waals surface area contributed by atoms with Crippen molar-refractivity contribution in [2.75, 3.05) is 20.1 Å². The predicted molar refractivity (Wildman–Crippen MR) is 104 cm³/mol. The molecule has 0 aromatic heterocycles. The molecule has 0 saturated heterocycles. The van der Waals surface area contributed by atoms with E-state index in [4.69, 9.17) is 11.5 Å². The Balaban J connectivity index is 4.44. The second-order valence-electron chi connectivity index (χ2n) is 6.80. The number of rotatable bonds is 15. The van der Waals surface area contributed by atoms with Crippen molar-refractivity contribution >= 4 is 24.4 Å². The number of hydrogen-bond donors (Lipinski definition) is 3. The molecular formula is C18H35N5O3. The van der Waals surface area contributed by atoms with E-state index in [0.717, 1.165) is 19.3 Å². The van der Waals surface area contributed by atoms with E-state index in [1.54, 1.807) is 11.9 Å². The van der Waals surface area contributed by atoms with Crippen LogP contribution in [0.25, 0.3) is 0 Å². The molecule has 0 bridgehead atoms. The smallest absolute Gasteiger partial charge is 0.245 e. The Morgan fingerprint density at radius 1 is 1.15 bits per heavy atom. The van der Waals surface area contributed by atoms with Gasteiger partial charge in [0.05, 0.1) is 6.04 Å². The van der Waals surface area contributed by atoms with Crippen LogP contribution in [0.3, 0.4) is 0 Å². The second-order valence-corrected chi connectivity index (χ2v) is 6.80. The van der Waals surface area contributed by atoms with Crippen molar-refractivity contribution in [3.63, 3.8) is 0 Å². The minimum atomic E-state index is -0.895. The molecule has 0 rings (SSSR count). The molecule has 0 aromatic rings. The quantitative estimate of drug-likeness (QED) is 0.126. The average Bonchev–Trinajstić information content (AvgIpc) is 2.60. The molecule has 0 aliphatic heterocycles. The molecular weight excluding hydrogens is 334 g/mol. The van der Waals surface area contributed by atoms with Crippen LogP contribution in [0.15, 0.2) is 4.99 Å². The van der Waals surface area contributed by atoms with Crippen molar-refractivity contribution in [2.24, 2.45) is 22.4 Å². The monoisotopic (exact) mass is 369 g/mol. The molecule has 3 unspecified atom stereocenters. The first-order chi connectivity index (χ1) is 12.3. The first kappa shape index (κ1) is 24.0. The Morgan fingerprint density at radius 2 is 1.85 bits per heavy atom. The Morgan fingerprint density at radius 3 is 2.38 bits per heavy atom. The van der Waals surface area contributed by atoms with Gasteiger partial charge in [-0.05, 0) is 38.8 Å². The maximum atomic E-state index is 12.3. The van der Waals surface area contributed by atoms with Crippen LogP contribution in [-0.4, -0.2) is 61.6 Å². The number of carbonyl (C=O) groups excluding carboxylic acids is 3. The highest BCUT2D eigenvalue weighted by Gasteiger charge is 2.24. The highest BCUT2D eigenvalue weighted by Crippen LogP contribution is 2.12. The molecule has 1 amide bonds. The molecule has 0 radical (unpaired) electrons. The van der Waals surface area contributed by atoms with E-state index >= 15 is 0 Å². The summed E-state index contributed by atoms with van der Waals surface area (Å²) >= 11 is 0. The predicted octanol–water partition coefficient (Wildman–Crippen LogP) is 0.439. The van der Waals surface area contributed by atoms with Crippen molar-refractivity contribution in [1.29, 1.82) is 0 Å². The first-order valence-electron chi connectivity index (χ1n) is 9.32. The van der Waals surface area contributed by atoms with Crippen molar-refractivity contribution in [2.45, 2.75) is 64.5 Å².